The SMILES string of the molecule is CCCCC[C@H](O)/C=C/[C@H]1OC(O)C[C@H](O)[C@@H]1C/C=C\CCCC(=O)OC[C@H](COP(=O)([O-])OCC[N+](C)(C)C)OC(C)=O. The number of aliphatic hydroxyl groups is 3. The number of carbonyl (C=O) groups is 2. The molecule has 0 bridgehead atoms. The van der Waals surface area contributed by atoms with Crippen molar-refractivity contribution >= 4 is 19.8 Å². The predicted molar refractivity (Wildman–Crippen MR) is 161 cm³/mol. The summed E-state index contributed by atoms with van der Waals surface area (Å²) in [5.41, 5.74) is 0. The van der Waals surface area contributed by atoms with E-state index in [1.807, 2.05) is 33.3 Å². The number of likely N-dealkylation sites (N-methyl/N-ethyl adjacent to an activating group) is 1. The van der Waals surface area contributed by atoms with E-state index >= 15 is 0 Å². The molecular weight excluding hydrogens is 597 g/mol. The fraction of sp³-hybridized carbons (Fsp3) is 0.800. The molecule has 0 saturated carbocycles. The first-order valence-electron chi connectivity index (χ1n) is 15.4. The van der Waals surface area contributed by atoms with Crippen molar-refractivity contribution in [3.8, 4) is 0 Å². The van der Waals surface area contributed by atoms with Gasteiger partial charge in [-0.2, -0.15) is 0 Å². The molecule has 1 aliphatic rings. The number of ether oxygens (including phenoxy) is 3. The van der Waals surface area contributed by atoms with Crippen molar-refractivity contribution in [2.24, 2.45) is 5.92 Å². The van der Waals surface area contributed by atoms with Crippen LogP contribution in [0, 0.1) is 5.92 Å². The van der Waals surface area contributed by atoms with Crippen molar-refractivity contribution in [1.82, 2.24) is 0 Å². The van der Waals surface area contributed by atoms with Crippen LogP contribution in [-0.2, 0) is 37.4 Å². The van der Waals surface area contributed by atoms with Crippen molar-refractivity contribution in [2.45, 2.75) is 102 Å². The molecule has 3 N–H and O–H groups in total. The van der Waals surface area contributed by atoms with Gasteiger partial charge in [0.1, 0.15) is 19.8 Å². The Kier molecular flexibility index (Phi) is 19.4. The number of esters is 2. The molecule has 0 radical (unpaired) electrons. The number of rotatable bonds is 22. The number of nitrogens with zero attached hydrogens (tertiary/aromatic N) is 1. The average molecular weight is 652 g/mol. The molecule has 0 aliphatic carbocycles. The molecule has 14 heteroatoms. The smallest absolute Gasteiger partial charge is 0.305 e. The summed E-state index contributed by atoms with van der Waals surface area (Å²) in [6, 6.07) is 0. The Morgan fingerprint density at radius 2 is 1.84 bits per heavy atom. The third-order valence-electron chi connectivity index (χ3n) is 6.82. The number of carbonyl (C=O) groups excluding carboxylic acids is 2. The third kappa shape index (κ3) is 19.7. The van der Waals surface area contributed by atoms with E-state index in [1.165, 1.54) is 0 Å². The molecule has 7 atom stereocenters. The fourth-order valence-electron chi connectivity index (χ4n) is 4.34. The zero-order valence-electron chi connectivity index (χ0n) is 26.9. The maximum Gasteiger partial charge on any atom is 0.305 e. The molecule has 1 fully saturated rings. The zero-order valence-corrected chi connectivity index (χ0v) is 27.8. The summed E-state index contributed by atoms with van der Waals surface area (Å²) in [5.74, 6) is -1.53. The summed E-state index contributed by atoms with van der Waals surface area (Å²) in [5, 5.41) is 30.6. The maximum absolute atomic E-state index is 12.2. The third-order valence-corrected chi connectivity index (χ3v) is 7.78. The lowest BCUT2D eigenvalue weighted by atomic mass is 9.87. The van der Waals surface area contributed by atoms with Crippen LogP contribution in [0.2, 0.25) is 0 Å². The largest absolute Gasteiger partial charge is 0.756 e. The van der Waals surface area contributed by atoms with Crippen LogP contribution in [0.4, 0.5) is 0 Å². The van der Waals surface area contributed by atoms with Gasteiger partial charge in [-0.15, -0.1) is 0 Å². The minimum atomic E-state index is -4.64. The highest BCUT2D eigenvalue weighted by atomic mass is 31.2. The molecule has 1 heterocycles. The summed E-state index contributed by atoms with van der Waals surface area (Å²) in [6.07, 6.45) is 8.33. The second-order valence-corrected chi connectivity index (χ2v) is 13.5. The predicted octanol–water partition coefficient (Wildman–Crippen LogP) is 2.37. The van der Waals surface area contributed by atoms with Crippen LogP contribution in [0.3, 0.4) is 0 Å². The van der Waals surface area contributed by atoms with E-state index in [2.05, 4.69) is 6.92 Å². The molecule has 0 amide bonds. The monoisotopic (exact) mass is 651 g/mol. The molecule has 2 unspecified atom stereocenters. The molecule has 0 aromatic carbocycles. The molecule has 256 valence electrons. The minimum Gasteiger partial charge on any atom is -0.756 e. The van der Waals surface area contributed by atoms with Gasteiger partial charge in [-0.05, 0) is 25.7 Å². The van der Waals surface area contributed by atoms with E-state index in [1.54, 1.807) is 12.2 Å². The number of allylic oxidation sites excluding steroid dienone is 2. The number of unbranched alkanes of at least 4 members (excludes halogenated alkanes) is 3. The number of hydrogen-bond donors (Lipinski definition) is 3. The zero-order chi connectivity index (χ0) is 33.2. The van der Waals surface area contributed by atoms with E-state index in [4.69, 9.17) is 23.3 Å². The van der Waals surface area contributed by atoms with Gasteiger partial charge in [-0.1, -0.05) is 50.5 Å². The van der Waals surface area contributed by atoms with Crippen molar-refractivity contribution in [3.05, 3.63) is 24.3 Å². The molecule has 1 saturated heterocycles. The van der Waals surface area contributed by atoms with Crippen molar-refractivity contribution < 1.29 is 62.1 Å². The minimum absolute atomic E-state index is 0.0782. The van der Waals surface area contributed by atoms with Gasteiger partial charge in [-0.25, -0.2) is 0 Å². The summed E-state index contributed by atoms with van der Waals surface area (Å²) in [7, 11) is 1.000. The molecular formula is C30H54NO12P. The van der Waals surface area contributed by atoms with E-state index < -0.39 is 57.1 Å². The van der Waals surface area contributed by atoms with Gasteiger partial charge in [0.05, 0.1) is 46.1 Å². The first-order valence-corrected chi connectivity index (χ1v) is 16.8. The van der Waals surface area contributed by atoms with Crippen LogP contribution in [-0.4, -0.2) is 110 Å². The van der Waals surface area contributed by atoms with E-state index in [0.29, 0.717) is 36.7 Å². The summed E-state index contributed by atoms with van der Waals surface area (Å²) >= 11 is 0. The summed E-state index contributed by atoms with van der Waals surface area (Å²) < 4.78 is 37.9. The Balaban J connectivity index is 2.46. The lowest BCUT2D eigenvalue weighted by molar-refractivity contribution is -0.870. The maximum atomic E-state index is 12.2. The first-order chi connectivity index (χ1) is 20.6. The van der Waals surface area contributed by atoms with Crippen LogP contribution in [0.15, 0.2) is 24.3 Å². The standard InChI is InChI=1S/C30H54NO12P/c1-6-7-10-13-24(33)16-17-28-26(27(34)20-30(36)43-28)14-11-8-9-12-15-29(35)39-21-25(42-23(2)32)22-41-44(37,38)40-19-18-31(3,4)5/h8,11,16-17,24-28,30,33-34,36H,6-7,9-10,12-15,18-22H2,1-5H3/b11-8-,17-16+/t24-,25+,26-,27-,28+,30?/m0/s1. The Bertz CT molecular complexity index is 937. The van der Waals surface area contributed by atoms with E-state index in [9.17, 15) is 34.4 Å². The number of quaternary nitrogens is 1. The van der Waals surface area contributed by atoms with Crippen molar-refractivity contribution in [2.75, 3.05) is 47.5 Å². The van der Waals surface area contributed by atoms with Gasteiger partial charge in [0.25, 0.3) is 7.82 Å². The number of phosphoric ester groups is 1. The van der Waals surface area contributed by atoms with Gasteiger partial charge in [-0.3, -0.25) is 14.2 Å². The van der Waals surface area contributed by atoms with Crippen LogP contribution in [0.1, 0.15) is 71.6 Å². The van der Waals surface area contributed by atoms with E-state index in [-0.39, 0.29) is 32.0 Å². The van der Waals surface area contributed by atoms with Gasteiger partial charge in [0.2, 0.25) is 0 Å². The molecule has 0 aromatic rings. The highest BCUT2D eigenvalue weighted by Crippen LogP contribution is 2.38. The van der Waals surface area contributed by atoms with Gasteiger partial charge in [0, 0.05) is 25.7 Å². The second-order valence-electron chi connectivity index (χ2n) is 12.1. The van der Waals surface area contributed by atoms with Crippen LogP contribution in [0.5, 0.6) is 0 Å². The lowest BCUT2D eigenvalue weighted by Gasteiger charge is -2.36. The Morgan fingerprint density at radius 1 is 1.11 bits per heavy atom. The van der Waals surface area contributed by atoms with Crippen molar-refractivity contribution in [1.29, 1.82) is 0 Å². The highest BCUT2D eigenvalue weighted by Gasteiger charge is 2.35. The molecule has 1 rings (SSSR count). The average Bonchev–Trinajstić information content (AvgIpc) is 2.91. The topological polar surface area (TPSA) is 181 Å². The van der Waals surface area contributed by atoms with Crippen LogP contribution >= 0.6 is 7.82 Å². The van der Waals surface area contributed by atoms with Gasteiger partial charge in [0.15, 0.2) is 12.4 Å². The highest BCUT2D eigenvalue weighted by molar-refractivity contribution is 7.45. The molecule has 1 aliphatic heterocycles. The molecule has 13 nitrogen and oxygen atoms in total. The van der Waals surface area contributed by atoms with Crippen molar-refractivity contribution in [3.63, 3.8) is 0 Å². The van der Waals surface area contributed by atoms with Crippen LogP contribution in [0.25, 0.3) is 0 Å². The molecule has 0 spiro atoms. The Labute approximate surface area is 262 Å². The number of phosphoric acid groups is 1. The Morgan fingerprint density at radius 3 is 2.50 bits per heavy atom. The lowest BCUT2D eigenvalue weighted by Crippen LogP contribution is -2.43. The molecule has 44 heavy (non-hydrogen) atoms. The number of aliphatic hydroxyl groups excluding tert-OH is 3. The second kappa shape index (κ2) is 21.2. The van der Waals surface area contributed by atoms with Gasteiger partial charge < -0.3 is 48.0 Å². The van der Waals surface area contributed by atoms with Gasteiger partial charge >= 0.3 is 11.9 Å². The summed E-state index contributed by atoms with van der Waals surface area (Å²) in [4.78, 5) is 35.6. The Hall–Kier alpha value is -1.67. The van der Waals surface area contributed by atoms with E-state index in [0.717, 1.165) is 26.2 Å². The normalized spacial score (nSPS) is 23.8. The fourth-order valence-corrected chi connectivity index (χ4v) is 5.07. The summed E-state index contributed by atoms with van der Waals surface area (Å²) in [6.45, 7) is 2.66. The first kappa shape index (κ1) is 40.4. The molecule has 0 aromatic heterocycles. The van der Waals surface area contributed by atoms with Crippen LogP contribution < -0.4 is 4.89 Å². The number of hydrogen-bond acceptors (Lipinski definition) is 12. The quantitative estimate of drug-likeness (QED) is 0.0512.